The van der Waals surface area contributed by atoms with Gasteiger partial charge in [-0.3, -0.25) is 4.98 Å². The molecule has 3 heterocycles. The third-order valence-corrected chi connectivity index (χ3v) is 6.32. The minimum absolute atomic E-state index is 0.196. The van der Waals surface area contributed by atoms with E-state index in [4.69, 9.17) is 28.2 Å². The first kappa shape index (κ1) is 20.5. The standard InChI is InChI=1S/C25H20ClN3O2S/c1-15-5-6-16(14-19(15)26)21-11-12-22(31-21)24-23(20-4-2-3-13-27-20)28-25(32)29(24)17-7-9-18(30)10-8-17/h2-14,23-24,30H,1H3,(H,28,32)/t23-,24-/m1/s1. The maximum Gasteiger partial charge on any atom is 0.174 e. The zero-order valence-corrected chi connectivity index (χ0v) is 18.8. The average molecular weight is 462 g/mol. The number of thiocarbonyl (C=S) groups is 1. The molecule has 0 unspecified atom stereocenters. The molecule has 2 N–H and O–H groups in total. The first-order valence-electron chi connectivity index (χ1n) is 10.2. The molecule has 1 aliphatic heterocycles. The summed E-state index contributed by atoms with van der Waals surface area (Å²) in [6, 6.07) is 22.1. The van der Waals surface area contributed by atoms with Gasteiger partial charge in [0.1, 0.15) is 23.3 Å². The summed E-state index contributed by atoms with van der Waals surface area (Å²) in [7, 11) is 0. The smallest absolute Gasteiger partial charge is 0.174 e. The van der Waals surface area contributed by atoms with Crippen molar-refractivity contribution in [2.75, 3.05) is 4.90 Å². The van der Waals surface area contributed by atoms with Crippen LogP contribution in [0.1, 0.15) is 29.1 Å². The van der Waals surface area contributed by atoms with Gasteiger partial charge in [0, 0.05) is 22.5 Å². The normalized spacial score (nSPS) is 18.1. The van der Waals surface area contributed by atoms with Crippen LogP contribution in [0.2, 0.25) is 5.02 Å². The number of nitrogens with zero attached hydrogens (tertiary/aromatic N) is 2. The number of anilines is 1. The van der Waals surface area contributed by atoms with Gasteiger partial charge in [0.05, 0.1) is 11.7 Å². The number of aryl methyl sites for hydroxylation is 1. The molecule has 0 saturated carbocycles. The van der Waals surface area contributed by atoms with E-state index in [0.717, 1.165) is 34.0 Å². The van der Waals surface area contributed by atoms with Gasteiger partial charge >= 0.3 is 0 Å². The molecule has 1 saturated heterocycles. The van der Waals surface area contributed by atoms with E-state index in [1.807, 2.05) is 72.5 Å². The van der Waals surface area contributed by atoms with E-state index in [1.54, 1.807) is 18.3 Å². The maximum absolute atomic E-state index is 9.74. The van der Waals surface area contributed by atoms with Crippen molar-refractivity contribution in [2.24, 2.45) is 0 Å². The highest BCUT2D eigenvalue weighted by Crippen LogP contribution is 2.43. The summed E-state index contributed by atoms with van der Waals surface area (Å²) in [6.07, 6.45) is 1.77. The monoisotopic (exact) mass is 461 g/mol. The van der Waals surface area contributed by atoms with Gasteiger partial charge in [0.2, 0.25) is 0 Å². The van der Waals surface area contributed by atoms with E-state index in [9.17, 15) is 5.11 Å². The lowest BCUT2D eigenvalue weighted by molar-refractivity contribution is 0.439. The van der Waals surface area contributed by atoms with Crippen molar-refractivity contribution >= 4 is 34.6 Å². The van der Waals surface area contributed by atoms with Gasteiger partial charge in [0.15, 0.2) is 5.11 Å². The van der Waals surface area contributed by atoms with Crippen LogP contribution >= 0.6 is 23.8 Å². The summed E-state index contributed by atoms with van der Waals surface area (Å²) in [6.45, 7) is 1.97. The van der Waals surface area contributed by atoms with Crippen LogP contribution in [0.3, 0.4) is 0 Å². The second-order valence-corrected chi connectivity index (χ2v) is 8.47. The fourth-order valence-electron chi connectivity index (χ4n) is 3.95. The van der Waals surface area contributed by atoms with E-state index in [2.05, 4.69) is 10.3 Å². The van der Waals surface area contributed by atoms with E-state index in [1.165, 1.54) is 0 Å². The quantitative estimate of drug-likeness (QED) is 0.353. The number of nitrogens with one attached hydrogen (secondary N) is 1. The minimum atomic E-state index is -0.267. The van der Waals surface area contributed by atoms with Crippen molar-refractivity contribution in [3.05, 3.63) is 101 Å². The van der Waals surface area contributed by atoms with E-state index in [0.29, 0.717) is 10.1 Å². The van der Waals surface area contributed by atoms with Crippen LogP contribution in [0.4, 0.5) is 5.69 Å². The molecule has 32 heavy (non-hydrogen) atoms. The number of rotatable bonds is 4. The number of phenols is 1. The lowest BCUT2D eigenvalue weighted by atomic mass is 10.0. The summed E-state index contributed by atoms with van der Waals surface area (Å²) in [5.74, 6) is 1.67. The van der Waals surface area contributed by atoms with Gasteiger partial charge in [-0.15, -0.1) is 0 Å². The third kappa shape index (κ3) is 3.72. The third-order valence-electron chi connectivity index (χ3n) is 5.60. The van der Waals surface area contributed by atoms with Crippen LogP contribution in [0.25, 0.3) is 11.3 Å². The number of aromatic nitrogens is 1. The van der Waals surface area contributed by atoms with E-state index < -0.39 is 0 Å². The van der Waals surface area contributed by atoms with Crippen LogP contribution < -0.4 is 10.2 Å². The summed E-state index contributed by atoms with van der Waals surface area (Å²) >= 11 is 12.0. The molecule has 0 aliphatic carbocycles. The number of halogens is 1. The Morgan fingerprint density at radius 3 is 2.59 bits per heavy atom. The molecule has 160 valence electrons. The van der Waals surface area contributed by atoms with Crippen molar-refractivity contribution in [3.8, 4) is 17.1 Å². The molecule has 2 atom stereocenters. The van der Waals surface area contributed by atoms with Crippen LogP contribution in [0.5, 0.6) is 5.75 Å². The van der Waals surface area contributed by atoms with Crippen molar-refractivity contribution < 1.29 is 9.52 Å². The fraction of sp³-hybridized carbons (Fsp3) is 0.120. The SMILES string of the molecule is Cc1ccc(-c2ccc([C@@H]3[C@@H](c4ccccn4)NC(=S)N3c3ccc(O)cc3)o2)cc1Cl. The first-order valence-corrected chi connectivity index (χ1v) is 11.0. The number of furan rings is 1. The summed E-state index contributed by atoms with van der Waals surface area (Å²) in [5, 5.41) is 14.4. The lowest BCUT2D eigenvalue weighted by Gasteiger charge is -2.26. The Hall–Kier alpha value is -3.35. The molecule has 7 heteroatoms. The maximum atomic E-state index is 9.74. The van der Waals surface area contributed by atoms with Crippen molar-refractivity contribution in [1.29, 1.82) is 0 Å². The number of hydrogen-bond donors (Lipinski definition) is 2. The van der Waals surface area contributed by atoms with Gasteiger partial charge in [-0.1, -0.05) is 29.8 Å². The Bertz CT molecular complexity index is 1270. The zero-order chi connectivity index (χ0) is 22.2. The molecule has 5 rings (SSSR count). The molecule has 0 radical (unpaired) electrons. The topological polar surface area (TPSA) is 61.5 Å². The van der Waals surface area contributed by atoms with Gasteiger partial charge in [-0.05, 0) is 79.3 Å². The second-order valence-electron chi connectivity index (χ2n) is 7.68. The fourth-order valence-corrected chi connectivity index (χ4v) is 4.47. The van der Waals surface area contributed by atoms with Crippen molar-refractivity contribution in [2.45, 2.75) is 19.0 Å². The van der Waals surface area contributed by atoms with Gasteiger partial charge < -0.3 is 19.7 Å². The average Bonchev–Trinajstić information content (AvgIpc) is 3.41. The lowest BCUT2D eigenvalue weighted by Crippen LogP contribution is -2.29. The molecule has 4 aromatic rings. The molecular weight excluding hydrogens is 442 g/mol. The van der Waals surface area contributed by atoms with Crippen LogP contribution in [-0.4, -0.2) is 15.2 Å². The molecule has 0 amide bonds. The predicted octanol–water partition coefficient (Wildman–Crippen LogP) is 6.19. The Balaban J connectivity index is 1.59. The largest absolute Gasteiger partial charge is 0.508 e. The molecule has 0 spiro atoms. The van der Waals surface area contributed by atoms with Gasteiger partial charge in [-0.2, -0.15) is 0 Å². The van der Waals surface area contributed by atoms with Gasteiger partial charge in [0.25, 0.3) is 0 Å². The number of aromatic hydroxyl groups is 1. The highest BCUT2D eigenvalue weighted by molar-refractivity contribution is 7.80. The molecule has 2 aromatic heterocycles. The Morgan fingerprint density at radius 2 is 1.88 bits per heavy atom. The number of hydrogen-bond acceptors (Lipinski definition) is 4. The van der Waals surface area contributed by atoms with Crippen LogP contribution in [0.15, 0.2) is 83.4 Å². The molecule has 2 aromatic carbocycles. The minimum Gasteiger partial charge on any atom is -0.508 e. The molecular formula is C25H20ClN3O2S. The highest BCUT2D eigenvalue weighted by Gasteiger charge is 2.42. The van der Waals surface area contributed by atoms with E-state index >= 15 is 0 Å². The van der Waals surface area contributed by atoms with Crippen LogP contribution in [0, 0.1) is 6.92 Å². The van der Waals surface area contributed by atoms with E-state index in [-0.39, 0.29) is 17.8 Å². The van der Waals surface area contributed by atoms with Crippen molar-refractivity contribution in [3.63, 3.8) is 0 Å². The number of benzene rings is 2. The second kappa shape index (κ2) is 8.30. The highest BCUT2D eigenvalue weighted by atomic mass is 35.5. The molecule has 1 aliphatic rings. The first-order chi connectivity index (χ1) is 15.5. The molecule has 1 fully saturated rings. The zero-order valence-electron chi connectivity index (χ0n) is 17.2. The summed E-state index contributed by atoms with van der Waals surface area (Å²) < 4.78 is 6.35. The molecule has 0 bridgehead atoms. The summed E-state index contributed by atoms with van der Waals surface area (Å²) in [5.41, 5.74) is 3.63. The van der Waals surface area contributed by atoms with Gasteiger partial charge in [-0.25, -0.2) is 0 Å². The summed E-state index contributed by atoms with van der Waals surface area (Å²) in [4.78, 5) is 6.55. The number of phenolic OH excluding ortho intramolecular Hbond substituents is 1. The van der Waals surface area contributed by atoms with Crippen LogP contribution in [-0.2, 0) is 0 Å². The Labute approximate surface area is 196 Å². The molecule has 5 nitrogen and oxygen atoms in total. The van der Waals surface area contributed by atoms with Crippen molar-refractivity contribution in [1.82, 2.24) is 10.3 Å². The Morgan fingerprint density at radius 1 is 1.06 bits per heavy atom. The Kier molecular flexibility index (Phi) is 5.33. The predicted molar refractivity (Wildman–Crippen MR) is 130 cm³/mol. The number of pyridine rings is 1.